The Kier molecular flexibility index (Phi) is 2.68. The Morgan fingerprint density at radius 2 is 1.82 bits per heavy atom. The largest absolute Gasteiger partial charge is 0.244 e. The molecule has 0 unspecified atom stereocenters. The highest BCUT2D eigenvalue weighted by molar-refractivity contribution is 7.13. The highest BCUT2D eigenvalue weighted by Crippen LogP contribution is 2.31. The first-order valence-electron chi connectivity index (χ1n) is 5.34. The lowest BCUT2D eigenvalue weighted by Crippen LogP contribution is -1.88. The second-order valence-electron chi connectivity index (χ2n) is 3.63. The third kappa shape index (κ3) is 1.97. The Morgan fingerprint density at radius 3 is 2.59 bits per heavy atom. The summed E-state index contributed by atoms with van der Waals surface area (Å²) in [4.78, 5) is 9.72. The molecule has 0 saturated heterocycles. The summed E-state index contributed by atoms with van der Waals surface area (Å²) in [6, 6.07) is 14.3. The predicted molar refractivity (Wildman–Crippen MR) is 70.8 cm³/mol. The first kappa shape index (κ1) is 10.2. The zero-order valence-electron chi connectivity index (χ0n) is 9.08. The van der Waals surface area contributed by atoms with E-state index < -0.39 is 0 Å². The van der Waals surface area contributed by atoms with Crippen LogP contribution in [0.25, 0.3) is 21.7 Å². The molecule has 0 amide bonds. The molecule has 0 aliphatic heterocycles. The number of nitrogens with zero attached hydrogens (tertiary/aromatic N) is 2. The van der Waals surface area contributed by atoms with Gasteiger partial charge in [0.15, 0.2) is 0 Å². The van der Waals surface area contributed by atoms with Gasteiger partial charge < -0.3 is 0 Å². The molecule has 0 bridgehead atoms. The van der Waals surface area contributed by atoms with Gasteiger partial charge in [-0.1, -0.05) is 36.4 Å². The van der Waals surface area contributed by atoms with Gasteiger partial charge in [0.2, 0.25) is 0 Å². The van der Waals surface area contributed by atoms with Crippen LogP contribution in [0.3, 0.4) is 0 Å². The van der Waals surface area contributed by atoms with Crippen LogP contribution >= 0.6 is 11.3 Å². The molecule has 0 spiro atoms. The van der Waals surface area contributed by atoms with Gasteiger partial charge in [-0.3, -0.25) is 0 Å². The van der Waals surface area contributed by atoms with E-state index in [9.17, 15) is 0 Å². The summed E-state index contributed by atoms with van der Waals surface area (Å²) in [7, 11) is 0. The minimum atomic E-state index is 0.989. The van der Waals surface area contributed by atoms with E-state index in [0.717, 1.165) is 16.8 Å². The van der Waals surface area contributed by atoms with Gasteiger partial charge in [-0.25, -0.2) is 9.97 Å². The molecule has 1 aromatic carbocycles. The van der Waals surface area contributed by atoms with Crippen molar-refractivity contribution in [2.24, 2.45) is 0 Å². The van der Waals surface area contributed by atoms with E-state index in [0.29, 0.717) is 0 Å². The van der Waals surface area contributed by atoms with Crippen molar-refractivity contribution in [3.05, 3.63) is 60.4 Å². The van der Waals surface area contributed by atoms with Gasteiger partial charge in [0.05, 0.1) is 5.69 Å². The molecule has 3 aromatic rings. The summed E-state index contributed by atoms with van der Waals surface area (Å²) >= 11 is 1.70. The maximum Gasteiger partial charge on any atom is 0.116 e. The summed E-state index contributed by atoms with van der Waals surface area (Å²) in [5.74, 6) is 0. The van der Waals surface area contributed by atoms with Crippen molar-refractivity contribution in [3.8, 4) is 21.7 Å². The van der Waals surface area contributed by atoms with Crippen LogP contribution in [-0.2, 0) is 0 Å². The van der Waals surface area contributed by atoms with Crippen molar-refractivity contribution < 1.29 is 0 Å². The molecule has 0 fully saturated rings. The number of rotatable bonds is 2. The third-order valence-electron chi connectivity index (χ3n) is 2.55. The summed E-state index contributed by atoms with van der Waals surface area (Å²) in [5.41, 5.74) is 3.20. The topological polar surface area (TPSA) is 25.8 Å². The number of aromatic nitrogens is 2. The number of thiophene rings is 1. The van der Waals surface area contributed by atoms with Crippen molar-refractivity contribution in [2.45, 2.75) is 0 Å². The molecule has 0 aliphatic carbocycles. The third-order valence-corrected chi connectivity index (χ3v) is 3.45. The minimum absolute atomic E-state index is 0.989. The van der Waals surface area contributed by atoms with E-state index in [-0.39, 0.29) is 0 Å². The van der Waals surface area contributed by atoms with Crippen LogP contribution in [0, 0.1) is 0 Å². The van der Waals surface area contributed by atoms with E-state index >= 15 is 0 Å². The molecule has 2 heterocycles. The molecule has 0 atom stereocenters. The van der Waals surface area contributed by atoms with Crippen molar-refractivity contribution in [3.63, 3.8) is 0 Å². The summed E-state index contributed by atoms with van der Waals surface area (Å²) in [6.45, 7) is 0. The van der Waals surface area contributed by atoms with Gasteiger partial charge in [0.1, 0.15) is 6.33 Å². The lowest BCUT2D eigenvalue weighted by molar-refractivity contribution is 1.18. The van der Waals surface area contributed by atoms with Gasteiger partial charge >= 0.3 is 0 Å². The highest BCUT2D eigenvalue weighted by atomic mass is 32.1. The van der Waals surface area contributed by atoms with Gasteiger partial charge in [-0.15, -0.1) is 11.3 Å². The molecular formula is C14H10N2S. The Labute approximate surface area is 104 Å². The second-order valence-corrected chi connectivity index (χ2v) is 4.58. The van der Waals surface area contributed by atoms with E-state index in [1.807, 2.05) is 30.5 Å². The first-order valence-corrected chi connectivity index (χ1v) is 6.22. The lowest BCUT2D eigenvalue weighted by Gasteiger charge is -2.05. The van der Waals surface area contributed by atoms with Crippen molar-refractivity contribution >= 4 is 11.3 Å². The van der Waals surface area contributed by atoms with Gasteiger partial charge in [-0.05, 0) is 11.4 Å². The summed E-state index contributed by atoms with van der Waals surface area (Å²) in [5, 5.41) is 2.07. The van der Waals surface area contributed by atoms with E-state index in [1.165, 1.54) is 4.88 Å². The molecule has 17 heavy (non-hydrogen) atoms. The fraction of sp³-hybridized carbons (Fsp3) is 0. The van der Waals surface area contributed by atoms with Crippen molar-refractivity contribution in [1.82, 2.24) is 9.97 Å². The molecule has 0 radical (unpaired) electrons. The lowest BCUT2D eigenvalue weighted by atomic mass is 10.1. The van der Waals surface area contributed by atoms with Crippen LogP contribution in [0.15, 0.2) is 60.4 Å². The van der Waals surface area contributed by atoms with E-state index in [1.54, 1.807) is 17.7 Å². The Hall–Kier alpha value is -2.00. The Bertz CT molecular complexity index is 603. The maximum atomic E-state index is 4.40. The molecule has 82 valence electrons. The standard InChI is InChI=1S/C14H10N2S/c1-2-5-11(6-3-1)14-12(9-15-10-16-14)13-7-4-8-17-13/h1-10H. The van der Waals surface area contributed by atoms with Gasteiger partial charge in [0.25, 0.3) is 0 Å². The maximum absolute atomic E-state index is 4.40. The molecule has 2 nitrogen and oxygen atoms in total. The number of hydrogen-bond donors (Lipinski definition) is 0. The van der Waals surface area contributed by atoms with E-state index in [4.69, 9.17) is 0 Å². The van der Waals surface area contributed by atoms with Crippen LogP contribution < -0.4 is 0 Å². The molecule has 0 N–H and O–H groups in total. The zero-order valence-corrected chi connectivity index (χ0v) is 9.89. The molecular weight excluding hydrogens is 228 g/mol. The highest BCUT2D eigenvalue weighted by Gasteiger charge is 2.08. The molecule has 0 saturated carbocycles. The molecule has 0 aliphatic rings. The smallest absolute Gasteiger partial charge is 0.116 e. The van der Waals surface area contributed by atoms with Gasteiger partial charge in [0, 0.05) is 22.2 Å². The molecule has 3 heteroatoms. The fourth-order valence-corrected chi connectivity index (χ4v) is 2.51. The molecule has 2 aromatic heterocycles. The SMILES string of the molecule is c1ccc(-c2ncncc2-c2cccs2)cc1. The first-order chi connectivity index (χ1) is 8.45. The average Bonchev–Trinajstić information content (AvgIpc) is 2.94. The second kappa shape index (κ2) is 4.47. The number of benzene rings is 1. The van der Waals surface area contributed by atoms with Crippen LogP contribution in [0.1, 0.15) is 0 Å². The number of hydrogen-bond acceptors (Lipinski definition) is 3. The van der Waals surface area contributed by atoms with Crippen molar-refractivity contribution in [1.29, 1.82) is 0 Å². The fourth-order valence-electron chi connectivity index (χ4n) is 1.77. The normalized spacial score (nSPS) is 10.4. The quantitative estimate of drug-likeness (QED) is 0.677. The summed E-state index contributed by atoms with van der Waals surface area (Å²) < 4.78 is 0. The van der Waals surface area contributed by atoms with Crippen LogP contribution in [-0.4, -0.2) is 9.97 Å². The zero-order chi connectivity index (χ0) is 11.5. The summed E-state index contributed by atoms with van der Waals surface area (Å²) in [6.07, 6.45) is 3.47. The van der Waals surface area contributed by atoms with Crippen LogP contribution in [0.4, 0.5) is 0 Å². The predicted octanol–water partition coefficient (Wildman–Crippen LogP) is 3.87. The van der Waals surface area contributed by atoms with Crippen molar-refractivity contribution in [2.75, 3.05) is 0 Å². The Morgan fingerprint density at radius 1 is 0.941 bits per heavy atom. The molecule has 3 rings (SSSR count). The Balaban J connectivity index is 2.18. The van der Waals surface area contributed by atoms with Crippen LogP contribution in [0.5, 0.6) is 0 Å². The van der Waals surface area contributed by atoms with Gasteiger partial charge in [-0.2, -0.15) is 0 Å². The minimum Gasteiger partial charge on any atom is -0.244 e. The average molecular weight is 238 g/mol. The monoisotopic (exact) mass is 238 g/mol. The van der Waals surface area contributed by atoms with E-state index in [2.05, 4.69) is 33.5 Å². The van der Waals surface area contributed by atoms with Crippen LogP contribution in [0.2, 0.25) is 0 Å².